The number of nitrogen functional groups attached to an aromatic ring is 1. The van der Waals surface area contributed by atoms with Gasteiger partial charge >= 0.3 is 5.97 Å². The molecule has 5 nitrogen and oxygen atoms in total. The van der Waals surface area contributed by atoms with E-state index in [0.29, 0.717) is 11.4 Å². The Morgan fingerprint density at radius 1 is 1.53 bits per heavy atom. The van der Waals surface area contributed by atoms with Crippen LogP contribution in [0.25, 0.3) is 0 Å². The third kappa shape index (κ3) is 2.38. The predicted molar refractivity (Wildman–Crippen MR) is 74.4 cm³/mol. The van der Waals surface area contributed by atoms with E-state index in [0.717, 1.165) is 6.42 Å². The smallest absolute Gasteiger partial charge is 0.337 e. The molecule has 1 aliphatic rings. The Kier molecular flexibility index (Phi) is 3.41. The van der Waals surface area contributed by atoms with Gasteiger partial charge in [-0.25, -0.2) is 4.79 Å². The quantitative estimate of drug-likeness (QED) is 0.726. The van der Waals surface area contributed by atoms with Crippen LogP contribution in [-0.4, -0.2) is 30.3 Å². The molecule has 0 saturated heterocycles. The van der Waals surface area contributed by atoms with Crippen LogP contribution in [0.3, 0.4) is 0 Å². The third-order valence-corrected chi connectivity index (χ3v) is 4.07. The molecule has 1 aromatic rings. The molecule has 0 aliphatic heterocycles. The molecule has 19 heavy (non-hydrogen) atoms. The Bertz CT molecular complexity index is 499. The van der Waals surface area contributed by atoms with E-state index in [4.69, 9.17) is 10.5 Å². The fourth-order valence-corrected chi connectivity index (χ4v) is 2.58. The van der Waals surface area contributed by atoms with Crippen LogP contribution in [0.15, 0.2) is 18.2 Å². The first-order valence-corrected chi connectivity index (χ1v) is 6.28. The van der Waals surface area contributed by atoms with Crippen molar-refractivity contribution in [3.05, 3.63) is 23.8 Å². The van der Waals surface area contributed by atoms with E-state index in [-0.39, 0.29) is 23.1 Å². The summed E-state index contributed by atoms with van der Waals surface area (Å²) < 4.78 is 5.39. The Balaban J connectivity index is 2.19. The monoisotopic (exact) mass is 264 g/mol. The fourth-order valence-electron chi connectivity index (χ4n) is 2.58. The number of carboxylic acids is 1. The van der Waals surface area contributed by atoms with Crippen LogP contribution in [0.1, 0.15) is 30.6 Å². The Morgan fingerprint density at radius 2 is 2.21 bits per heavy atom. The van der Waals surface area contributed by atoms with Gasteiger partial charge in [0.15, 0.2) is 0 Å². The zero-order valence-corrected chi connectivity index (χ0v) is 11.4. The first-order chi connectivity index (χ1) is 8.86. The summed E-state index contributed by atoms with van der Waals surface area (Å²) in [5.74, 6) is -0.977. The number of hydrogen-bond donors (Lipinski definition) is 3. The predicted octanol–water partition coefficient (Wildman–Crippen LogP) is 2.19. The largest absolute Gasteiger partial charge is 0.478 e. The number of nitrogens with two attached hydrogens (primary N) is 1. The van der Waals surface area contributed by atoms with Crippen molar-refractivity contribution in [1.29, 1.82) is 0 Å². The molecule has 0 aromatic heterocycles. The van der Waals surface area contributed by atoms with Crippen LogP contribution >= 0.6 is 0 Å². The molecule has 2 rings (SSSR count). The van der Waals surface area contributed by atoms with Crippen molar-refractivity contribution in [3.63, 3.8) is 0 Å². The maximum Gasteiger partial charge on any atom is 0.337 e. The Hall–Kier alpha value is -1.75. The van der Waals surface area contributed by atoms with Crippen LogP contribution < -0.4 is 11.1 Å². The van der Waals surface area contributed by atoms with E-state index in [9.17, 15) is 9.90 Å². The number of carbonyl (C=O) groups is 1. The van der Waals surface area contributed by atoms with Crippen molar-refractivity contribution in [2.45, 2.75) is 32.4 Å². The lowest BCUT2D eigenvalue weighted by Gasteiger charge is -2.51. The number of aromatic carboxylic acids is 1. The lowest BCUT2D eigenvalue weighted by molar-refractivity contribution is -0.0794. The minimum atomic E-state index is -0.977. The number of rotatable bonds is 4. The molecule has 1 aliphatic carbocycles. The number of carboxylic acid groups (broad SMARTS) is 1. The summed E-state index contributed by atoms with van der Waals surface area (Å²) in [4.78, 5) is 11.2. The van der Waals surface area contributed by atoms with Crippen molar-refractivity contribution < 1.29 is 14.6 Å². The summed E-state index contributed by atoms with van der Waals surface area (Å²) in [5, 5.41) is 12.5. The minimum Gasteiger partial charge on any atom is -0.478 e. The molecule has 0 heterocycles. The second-order valence-electron chi connectivity index (χ2n) is 5.59. The lowest BCUT2D eigenvalue weighted by Crippen LogP contribution is -2.57. The van der Waals surface area contributed by atoms with Gasteiger partial charge in [0, 0.05) is 29.9 Å². The highest BCUT2D eigenvalue weighted by Crippen LogP contribution is 2.44. The highest BCUT2D eigenvalue weighted by molar-refractivity contribution is 5.95. The van der Waals surface area contributed by atoms with Gasteiger partial charge in [0.05, 0.1) is 11.7 Å². The van der Waals surface area contributed by atoms with E-state index in [1.165, 1.54) is 6.07 Å². The molecule has 2 atom stereocenters. The van der Waals surface area contributed by atoms with Gasteiger partial charge in [-0.1, -0.05) is 13.8 Å². The number of methoxy groups -OCH3 is 1. The van der Waals surface area contributed by atoms with E-state index in [1.54, 1.807) is 19.2 Å². The summed E-state index contributed by atoms with van der Waals surface area (Å²) in [6.07, 6.45) is 1.07. The molecule has 0 amide bonds. The number of hydrogen-bond acceptors (Lipinski definition) is 4. The van der Waals surface area contributed by atoms with Gasteiger partial charge in [-0.3, -0.25) is 0 Å². The molecule has 1 saturated carbocycles. The number of benzene rings is 1. The minimum absolute atomic E-state index is 0.0219. The maximum atomic E-state index is 11.2. The Morgan fingerprint density at radius 3 is 2.74 bits per heavy atom. The molecular formula is C14H20N2O3. The Labute approximate surface area is 112 Å². The normalized spacial score (nSPS) is 24.6. The van der Waals surface area contributed by atoms with Gasteiger partial charge in [-0.05, 0) is 24.6 Å². The molecule has 5 heteroatoms. The van der Waals surface area contributed by atoms with E-state index >= 15 is 0 Å². The molecule has 1 fully saturated rings. The third-order valence-electron chi connectivity index (χ3n) is 4.07. The van der Waals surface area contributed by atoms with Gasteiger partial charge < -0.3 is 20.9 Å². The second-order valence-corrected chi connectivity index (χ2v) is 5.59. The molecule has 4 N–H and O–H groups in total. The highest BCUT2D eigenvalue weighted by Gasteiger charge is 2.48. The molecule has 0 spiro atoms. The number of anilines is 2. The van der Waals surface area contributed by atoms with Crippen LogP contribution in [0.2, 0.25) is 0 Å². The first-order valence-electron chi connectivity index (χ1n) is 6.28. The summed E-state index contributed by atoms with van der Waals surface area (Å²) in [5.41, 5.74) is 6.87. The van der Waals surface area contributed by atoms with Crippen LogP contribution in [0, 0.1) is 5.41 Å². The van der Waals surface area contributed by atoms with Crippen molar-refractivity contribution in [2.75, 3.05) is 18.2 Å². The van der Waals surface area contributed by atoms with E-state index in [1.807, 2.05) is 0 Å². The fraction of sp³-hybridized carbons (Fsp3) is 0.500. The van der Waals surface area contributed by atoms with E-state index in [2.05, 4.69) is 19.2 Å². The topological polar surface area (TPSA) is 84.6 Å². The second kappa shape index (κ2) is 4.74. The van der Waals surface area contributed by atoms with Crippen LogP contribution in [0.4, 0.5) is 11.4 Å². The molecule has 1 aromatic carbocycles. The van der Waals surface area contributed by atoms with Gasteiger partial charge in [0.25, 0.3) is 0 Å². The van der Waals surface area contributed by atoms with Gasteiger partial charge in [0.1, 0.15) is 0 Å². The SMILES string of the molecule is COC1CC(Nc2ccc(N)cc2C(=O)O)C1(C)C. The number of nitrogens with one attached hydrogen (secondary N) is 1. The molecular weight excluding hydrogens is 244 g/mol. The van der Waals surface area contributed by atoms with Crippen LogP contribution in [0.5, 0.6) is 0 Å². The summed E-state index contributed by atoms with van der Waals surface area (Å²) in [6, 6.07) is 5.09. The highest BCUT2D eigenvalue weighted by atomic mass is 16.5. The molecule has 0 bridgehead atoms. The van der Waals surface area contributed by atoms with Crippen molar-refractivity contribution in [1.82, 2.24) is 0 Å². The van der Waals surface area contributed by atoms with Gasteiger partial charge in [0.2, 0.25) is 0 Å². The zero-order chi connectivity index (χ0) is 14.2. The lowest BCUT2D eigenvalue weighted by atomic mass is 9.64. The number of ether oxygens (including phenoxy) is 1. The zero-order valence-electron chi connectivity index (χ0n) is 11.4. The average molecular weight is 264 g/mol. The summed E-state index contributed by atoms with van der Waals surface area (Å²) in [7, 11) is 1.70. The van der Waals surface area contributed by atoms with Crippen molar-refractivity contribution >= 4 is 17.3 Å². The summed E-state index contributed by atoms with van der Waals surface area (Å²) in [6.45, 7) is 4.22. The maximum absolute atomic E-state index is 11.2. The first kappa shape index (κ1) is 13.7. The van der Waals surface area contributed by atoms with Crippen molar-refractivity contribution in [3.8, 4) is 0 Å². The standard InChI is InChI=1S/C14H20N2O3/c1-14(2)11(7-12(14)19-3)16-10-5-4-8(15)6-9(10)13(17)18/h4-6,11-12,16H,7,15H2,1-3H3,(H,17,18). The van der Waals surface area contributed by atoms with E-state index < -0.39 is 5.97 Å². The summed E-state index contributed by atoms with van der Waals surface area (Å²) >= 11 is 0. The van der Waals surface area contributed by atoms with Crippen molar-refractivity contribution in [2.24, 2.45) is 5.41 Å². The van der Waals surface area contributed by atoms with Gasteiger partial charge in [-0.2, -0.15) is 0 Å². The molecule has 0 radical (unpaired) electrons. The van der Waals surface area contributed by atoms with Gasteiger partial charge in [-0.15, -0.1) is 0 Å². The molecule has 104 valence electrons. The molecule has 2 unspecified atom stereocenters. The van der Waals surface area contributed by atoms with Crippen LogP contribution in [-0.2, 0) is 4.74 Å². The average Bonchev–Trinajstić information content (AvgIpc) is 2.35.